The number of carbonyl (C=O) groups is 1. The van der Waals surface area contributed by atoms with Gasteiger partial charge in [-0.1, -0.05) is 0 Å². The standard InChI is InChI=1S/C21H22N2O6S/c1-15-14-16(5-10-19(15)23-11-3-4-20(23)21(24)25)22-30(26,27)18-8-6-17(7-9-18)29-13-12-28-2/h3-11,14,22H,12-13H2,1-2H3,(H,24,25). The summed E-state index contributed by atoms with van der Waals surface area (Å²) in [7, 11) is -2.22. The highest BCUT2D eigenvalue weighted by atomic mass is 32.2. The molecule has 0 saturated heterocycles. The maximum atomic E-state index is 12.7. The smallest absolute Gasteiger partial charge is 0.352 e. The van der Waals surface area contributed by atoms with Crippen molar-refractivity contribution in [3.63, 3.8) is 0 Å². The third-order valence-corrected chi connectivity index (χ3v) is 5.76. The molecule has 0 aliphatic rings. The number of nitrogens with zero attached hydrogens (tertiary/aromatic N) is 1. The fraction of sp³-hybridized carbons (Fsp3) is 0.190. The summed E-state index contributed by atoms with van der Waals surface area (Å²) >= 11 is 0. The second kappa shape index (κ2) is 9.02. The van der Waals surface area contributed by atoms with Crippen LogP contribution in [0.5, 0.6) is 5.75 Å². The first-order chi connectivity index (χ1) is 14.3. The van der Waals surface area contributed by atoms with Gasteiger partial charge in [0.05, 0.1) is 11.5 Å². The number of sulfonamides is 1. The fourth-order valence-corrected chi connectivity index (χ4v) is 3.98. The van der Waals surface area contributed by atoms with Gasteiger partial charge < -0.3 is 19.1 Å². The van der Waals surface area contributed by atoms with Crippen LogP contribution in [0.4, 0.5) is 5.69 Å². The number of ether oxygens (including phenoxy) is 2. The van der Waals surface area contributed by atoms with Gasteiger partial charge in [0.15, 0.2) is 0 Å². The fourth-order valence-electron chi connectivity index (χ4n) is 2.93. The first kappa shape index (κ1) is 21.4. The summed E-state index contributed by atoms with van der Waals surface area (Å²) < 4.78 is 39.8. The third kappa shape index (κ3) is 4.81. The van der Waals surface area contributed by atoms with Gasteiger partial charge in [0.1, 0.15) is 18.1 Å². The van der Waals surface area contributed by atoms with E-state index in [2.05, 4.69) is 4.72 Å². The van der Waals surface area contributed by atoms with E-state index in [1.807, 2.05) is 0 Å². The molecule has 3 rings (SSSR count). The molecule has 0 aliphatic carbocycles. The first-order valence-corrected chi connectivity index (χ1v) is 10.6. The molecular formula is C21H22N2O6S. The Bertz CT molecular complexity index is 1140. The number of benzene rings is 2. The van der Waals surface area contributed by atoms with Gasteiger partial charge in [0.25, 0.3) is 10.0 Å². The minimum absolute atomic E-state index is 0.0990. The summed E-state index contributed by atoms with van der Waals surface area (Å²) in [5.74, 6) is -0.494. The number of carboxylic acid groups (broad SMARTS) is 1. The molecule has 3 aromatic rings. The van der Waals surface area contributed by atoms with Crippen LogP contribution < -0.4 is 9.46 Å². The minimum Gasteiger partial charge on any atom is -0.491 e. The number of aryl methyl sites for hydroxylation is 1. The van der Waals surface area contributed by atoms with E-state index >= 15 is 0 Å². The average molecular weight is 430 g/mol. The molecule has 0 fully saturated rings. The van der Waals surface area contributed by atoms with Gasteiger partial charge in [-0.25, -0.2) is 13.2 Å². The lowest BCUT2D eigenvalue weighted by Gasteiger charge is -2.13. The number of hydrogen-bond acceptors (Lipinski definition) is 5. The summed E-state index contributed by atoms with van der Waals surface area (Å²) in [4.78, 5) is 11.4. The van der Waals surface area contributed by atoms with E-state index in [9.17, 15) is 18.3 Å². The molecule has 0 amide bonds. The summed E-state index contributed by atoms with van der Waals surface area (Å²) in [6.07, 6.45) is 1.64. The van der Waals surface area contributed by atoms with Crippen LogP contribution >= 0.6 is 0 Å². The second-order valence-electron chi connectivity index (χ2n) is 6.49. The summed E-state index contributed by atoms with van der Waals surface area (Å²) in [6, 6.07) is 14.1. The molecule has 8 nitrogen and oxygen atoms in total. The number of anilines is 1. The summed E-state index contributed by atoms with van der Waals surface area (Å²) in [5.41, 5.74) is 1.87. The molecule has 9 heteroatoms. The summed E-state index contributed by atoms with van der Waals surface area (Å²) in [6.45, 7) is 2.59. The molecule has 0 spiro atoms. The predicted molar refractivity (Wildman–Crippen MR) is 112 cm³/mol. The Morgan fingerprint density at radius 2 is 1.83 bits per heavy atom. The number of hydrogen-bond donors (Lipinski definition) is 2. The summed E-state index contributed by atoms with van der Waals surface area (Å²) in [5, 5.41) is 9.29. The van der Waals surface area contributed by atoms with Gasteiger partial charge in [-0.3, -0.25) is 4.72 Å². The maximum absolute atomic E-state index is 12.7. The molecule has 2 aromatic carbocycles. The van der Waals surface area contributed by atoms with Crippen LogP contribution in [0.1, 0.15) is 16.1 Å². The highest BCUT2D eigenvalue weighted by Crippen LogP contribution is 2.24. The zero-order valence-corrected chi connectivity index (χ0v) is 17.3. The lowest BCUT2D eigenvalue weighted by molar-refractivity contribution is 0.0688. The Morgan fingerprint density at radius 1 is 1.10 bits per heavy atom. The van der Waals surface area contributed by atoms with E-state index in [1.165, 1.54) is 22.8 Å². The quantitative estimate of drug-likeness (QED) is 0.505. The van der Waals surface area contributed by atoms with Crippen molar-refractivity contribution in [1.82, 2.24) is 4.57 Å². The number of aromatic carboxylic acids is 1. The number of rotatable bonds is 9. The van der Waals surface area contributed by atoms with E-state index < -0.39 is 16.0 Å². The highest BCUT2D eigenvalue weighted by Gasteiger charge is 2.16. The average Bonchev–Trinajstić information content (AvgIpc) is 3.18. The van der Waals surface area contributed by atoms with Crippen molar-refractivity contribution in [3.05, 3.63) is 72.1 Å². The van der Waals surface area contributed by atoms with Crippen molar-refractivity contribution in [2.75, 3.05) is 25.0 Å². The van der Waals surface area contributed by atoms with Crippen LogP contribution in [0, 0.1) is 6.92 Å². The Balaban J connectivity index is 1.78. The molecular weight excluding hydrogens is 408 g/mol. The second-order valence-corrected chi connectivity index (χ2v) is 8.17. The van der Waals surface area contributed by atoms with E-state index in [-0.39, 0.29) is 10.6 Å². The first-order valence-electron chi connectivity index (χ1n) is 9.08. The van der Waals surface area contributed by atoms with Crippen molar-refractivity contribution in [2.24, 2.45) is 0 Å². The Labute approximate surface area is 174 Å². The van der Waals surface area contributed by atoms with Gasteiger partial charge in [0, 0.05) is 24.7 Å². The molecule has 0 saturated carbocycles. The number of nitrogens with one attached hydrogen (secondary N) is 1. The molecule has 2 N–H and O–H groups in total. The topological polar surface area (TPSA) is 107 Å². The number of carboxylic acids is 1. The Kier molecular flexibility index (Phi) is 6.43. The highest BCUT2D eigenvalue weighted by molar-refractivity contribution is 7.92. The predicted octanol–water partition coefficient (Wildman–Crippen LogP) is 3.31. The molecule has 0 bridgehead atoms. The molecule has 1 heterocycles. The van der Waals surface area contributed by atoms with E-state index in [0.717, 1.165) is 5.56 Å². The van der Waals surface area contributed by atoms with Crippen LogP contribution in [0.15, 0.2) is 65.7 Å². The van der Waals surface area contributed by atoms with Crippen LogP contribution in [-0.2, 0) is 14.8 Å². The molecule has 0 aliphatic heterocycles. The molecule has 0 unspecified atom stereocenters. The lowest BCUT2D eigenvalue weighted by atomic mass is 10.1. The lowest BCUT2D eigenvalue weighted by Crippen LogP contribution is -2.13. The normalized spacial score (nSPS) is 11.3. The van der Waals surface area contributed by atoms with Crippen molar-refractivity contribution < 1.29 is 27.8 Å². The van der Waals surface area contributed by atoms with Gasteiger partial charge in [-0.2, -0.15) is 0 Å². The van der Waals surface area contributed by atoms with Crippen LogP contribution in [-0.4, -0.2) is 44.4 Å². The van der Waals surface area contributed by atoms with Gasteiger partial charge in [-0.05, 0) is 67.1 Å². The molecule has 158 valence electrons. The largest absolute Gasteiger partial charge is 0.491 e. The third-order valence-electron chi connectivity index (χ3n) is 4.37. The van der Waals surface area contributed by atoms with Crippen LogP contribution in [0.3, 0.4) is 0 Å². The Hall–Kier alpha value is -3.30. The molecule has 30 heavy (non-hydrogen) atoms. The van der Waals surface area contributed by atoms with Gasteiger partial charge in [0.2, 0.25) is 0 Å². The SMILES string of the molecule is COCCOc1ccc(S(=O)(=O)Nc2ccc(-n3cccc3C(=O)O)c(C)c2)cc1. The van der Waals surface area contributed by atoms with Crippen molar-refractivity contribution in [1.29, 1.82) is 0 Å². The minimum atomic E-state index is -3.79. The van der Waals surface area contributed by atoms with Crippen molar-refractivity contribution in [2.45, 2.75) is 11.8 Å². The molecule has 0 radical (unpaired) electrons. The molecule has 0 atom stereocenters. The Morgan fingerprint density at radius 3 is 2.47 bits per heavy atom. The zero-order chi connectivity index (χ0) is 21.7. The van der Waals surface area contributed by atoms with Gasteiger partial charge in [-0.15, -0.1) is 0 Å². The van der Waals surface area contributed by atoms with Crippen molar-refractivity contribution >= 4 is 21.7 Å². The zero-order valence-electron chi connectivity index (χ0n) is 16.5. The van der Waals surface area contributed by atoms with E-state index in [1.54, 1.807) is 56.6 Å². The van der Waals surface area contributed by atoms with E-state index in [4.69, 9.17) is 9.47 Å². The maximum Gasteiger partial charge on any atom is 0.352 e. The van der Waals surface area contributed by atoms with Crippen molar-refractivity contribution in [3.8, 4) is 11.4 Å². The molecule has 1 aromatic heterocycles. The number of aromatic nitrogens is 1. The van der Waals surface area contributed by atoms with E-state index in [0.29, 0.717) is 30.3 Å². The monoisotopic (exact) mass is 430 g/mol. The van der Waals surface area contributed by atoms with Gasteiger partial charge >= 0.3 is 5.97 Å². The number of methoxy groups -OCH3 is 1. The van der Waals surface area contributed by atoms with Crippen LogP contribution in [0.25, 0.3) is 5.69 Å². The van der Waals surface area contributed by atoms with Crippen LogP contribution in [0.2, 0.25) is 0 Å².